The van der Waals surface area contributed by atoms with E-state index in [2.05, 4.69) is 27.7 Å². The molecule has 3 heteroatoms. The highest BCUT2D eigenvalue weighted by Gasteiger charge is 2.15. The van der Waals surface area contributed by atoms with Gasteiger partial charge in [-0.05, 0) is 23.9 Å². The van der Waals surface area contributed by atoms with Crippen LogP contribution in [0.25, 0.3) is 0 Å². The molecule has 0 heterocycles. The molecule has 0 radical (unpaired) electrons. The zero-order valence-corrected chi connectivity index (χ0v) is 9.66. The van der Waals surface area contributed by atoms with Gasteiger partial charge in [-0.15, -0.1) is 0 Å². The van der Waals surface area contributed by atoms with Gasteiger partial charge in [-0.2, -0.15) is 0 Å². The molecular formula is C8H19OPS. The standard InChI is InChI=1S/C8H19OPS/c1-7(6-10(9)11)5-8(2,3)4/h7,10H,5-6H2,1-4H3,(H,9,11). The zero-order chi connectivity index (χ0) is 9.07. The lowest BCUT2D eigenvalue weighted by Crippen LogP contribution is -2.12. The molecule has 2 unspecified atom stereocenters. The highest BCUT2D eigenvalue weighted by molar-refractivity contribution is 8.02. The summed E-state index contributed by atoms with van der Waals surface area (Å²) in [6, 6.07) is 0. The van der Waals surface area contributed by atoms with Crippen molar-refractivity contribution < 1.29 is 4.89 Å². The summed E-state index contributed by atoms with van der Waals surface area (Å²) in [4.78, 5) is 9.04. The molecule has 0 saturated carbocycles. The molecule has 0 aliphatic rings. The fourth-order valence-corrected chi connectivity index (χ4v) is 3.01. The summed E-state index contributed by atoms with van der Waals surface area (Å²) in [5.74, 6) is 0.575. The predicted octanol–water partition coefficient (Wildman–Crippen LogP) is 2.64. The number of hydrogen-bond donors (Lipinski definition) is 1. The SMILES string of the molecule is CC(C[PH](O)=S)CC(C)(C)C. The van der Waals surface area contributed by atoms with Crippen molar-refractivity contribution in [2.45, 2.75) is 34.1 Å². The molecule has 0 spiro atoms. The maximum absolute atomic E-state index is 9.04. The Morgan fingerprint density at radius 1 is 1.45 bits per heavy atom. The van der Waals surface area contributed by atoms with Crippen LogP contribution in [0.1, 0.15) is 34.1 Å². The average molecular weight is 194 g/mol. The smallest absolute Gasteiger partial charge is 0.0524 e. The first-order chi connectivity index (χ1) is 4.81. The van der Waals surface area contributed by atoms with Gasteiger partial charge in [0.15, 0.2) is 0 Å². The normalized spacial score (nSPS) is 17.9. The summed E-state index contributed by atoms with van der Waals surface area (Å²) in [6.45, 7) is 7.40. The maximum Gasteiger partial charge on any atom is 0.0524 e. The van der Waals surface area contributed by atoms with Crippen LogP contribution in [0.2, 0.25) is 0 Å². The van der Waals surface area contributed by atoms with Gasteiger partial charge in [-0.1, -0.05) is 39.5 Å². The van der Waals surface area contributed by atoms with Crippen molar-refractivity contribution >= 4 is 18.7 Å². The molecule has 1 nitrogen and oxygen atoms in total. The van der Waals surface area contributed by atoms with Gasteiger partial charge in [-0.3, -0.25) is 0 Å². The molecule has 0 amide bonds. The second kappa shape index (κ2) is 4.59. The van der Waals surface area contributed by atoms with E-state index in [9.17, 15) is 0 Å². The second-order valence-electron chi connectivity index (χ2n) is 4.47. The number of hydrogen-bond acceptors (Lipinski definition) is 1. The van der Waals surface area contributed by atoms with Crippen LogP contribution in [0.4, 0.5) is 0 Å². The zero-order valence-electron chi connectivity index (χ0n) is 7.85. The lowest BCUT2D eigenvalue weighted by molar-refractivity contribution is 0.321. The minimum atomic E-state index is -1.42. The number of rotatable bonds is 3. The lowest BCUT2D eigenvalue weighted by atomic mass is 9.86. The first-order valence-corrected chi connectivity index (χ1v) is 6.82. The average Bonchev–Trinajstić information content (AvgIpc) is 1.53. The van der Waals surface area contributed by atoms with E-state index in [1.165, 1.54) is 0 Å². The summed E-state index contributed by atoms with van der Waals surface area (Å²) in [6.07, 6.45) is 2.00. The molecule has 0 aliphatic heterocycles. The van der Waals surface area contributed by atoms with E-state index in [0.717, 1.165) is 12.6 Å². The largest absolute Gasteiger partial charge is 0.368 e. The monoisotopic (exact) mass is 194 g/mol. The van der Waals surface area contributed by atoms with Gasteiger partial charge in [0.05, 0.1) is 6.92 Å². The molecule has 11 heavy (non-hydrogen) atoms. The first kappa shape index (κ1) is 11.6. The van der Waals surface area contributed by atoms with Crippen molar-refractivity contribution in [3.8, 4) is 0 Å². The van der Waals surface area contributed by atoms with Crippen LogP contribution in [-0.2, 0) is 11.8 Å². The third-order valence-corrected chi connectivity index (χ3v) is 3.03. The van der Waals surface area contributed by atoms with E-state index in [1.807, 2.05) is 0 Å². The van der Waals surface area contributed by atoms with E-state index in [0.29, 0.717) is 11.3 Å². The van der Waals surface area contributed by atoms with Gasteiger partial charge in [0.25, 0.3) is 0 Å². The Balaban J connectivity index is 3.69. The molecule has 0 bridgehead atoms. The van der Waals surface area contributed by atoms with Crippen molar-refractivity contribution in [3.05, 3.63) is 0 Å². The van der Waals surface area contributed by atoms with Gasteiger partial charge in [0.1, 0.15) is 0 Å². The van der Waals surface area contributed by atoms with Crippen LogP contribution < -0.4 is 0 Å². The molecule has 0 aliphatic carbocycles. The van der Waals surface area contributed by atoms with Crippen LogP contribution >= 0.6 is 6.92 Å². The summed E-state index contributed by atoms with van der Waals surface area (Å²) in [5.41, 5.74) is 0.367. The third kappa shape index (κ3) is 8.52. The van der Waals surface area contributed by atoms with Crippen LogP contribution in [0.5, 0.6) is 0 Å². The molecular weight excluding hydrogens is 175 g/mol. The minimum absolute atomic E-state index is 0.367. The van der Waals surface area contributed by atoms with Gasteiger partial charge in [0.2, 0.25) is 0 Å². The van der Waals surface area contributed by atoms with Crippen LogP contribution in [0, 0.1) is 11.3 Å². The van der Waals surface area contributed by atoms with Crippen LogP contribution in [0.3, 0.4) is 0 Å². The summed E-state index contributed by atoms with van der Waals surface area (Å²) in [7, 11) is 0. The second-order valence-corrected chi connectivity index (χ2v) is 7.08. The Kier molecular flexibility index (Phi) is 4.85. The molecule has 0 aromatic rings. The summed E-state index contributed by atoms with van der Waals surface area (Å²) >= 11 is 4.80. The minimum Gasteiger partial charge on any atom is -0.368 e. The topological polar surface area (TPSA) is 20.2 Å². The van der Waals surface area contributed by atoms with E-state index in [1.54, 1.807) is 0 Å². The van der Waals surface area contributed by atoms with Crippen LogP contribution in [-0.4, -0.2) is 11.1 Å². The molecule has 0 aromatic carbocycles. The van der Waals surface area contributed by atoms with Crippen molar-refractivity contribution in [1.82, 2.24) is 0 Å². The molecule has 0 fully saturated rings. The first-order valence-electron chi connectivity index (χ1n) is 4.03. The van der Waals surface area contributed by atoms with E-state index in [-0.39, 0.29) is 0 Å². The fraction of sp³-hybridized carbons (Fsp3) is 1.00. The van der Waals surface area contributed by atoms with E-state index in [4.69, 9.17) is 16.7 Å². The van der Waals surface area contributed by atoms with Crippen molar-refractivity contribution in [3.63, 3.8) is 0 Å². The molecule has 2 atom stereocenters. The predicted molar refractivity (Wildman–Crippen MR) is 56.0 cm³/mol. The Morgan fingerprint density at radius 2 is 1.91 bits per heavy atom. The van der Waals surface area contributed by atoms with Crippen molar-refractivity contribution in [2.75, 3.05) is 6.16 Å². The highest BCUT2D eigenvalue weighted by Crippen LogP contribution is 2.29. The third-order valence-electron chi connectivity index (χ3n) is 1.48. The Bertz CT molecular complexity index is 140. The van der Waals surface area contributed by atoms with Crippen molar-refractivity contribution in [2.24, 2.45) is 11.3 Å². The summed E-state index contributed by atoms with van der Waals surface area (Å²) in [5, 5.41) is 0. The van der Waals surface area contributed by atoms with Gasteiger partial charge in [0, 0.05) is 0 Å². The molecule has 0 rings (SSSR count). The van der Waals surface area contributed by atoms with Gasteiger partial charge >= 0.3 is 0 Å². The Morgan fingerprint density at radius 3 is 2.18 bits per heavy atom. The molecule has 0 saturated heterocycles. The summed E-state index contributed by atoms with van der Waals surface area (Å²) < 4.78 is 0. The molecule has 68 valence electrons. The Labute approximate surface area is 75.7 Å². The van der Waals surface area contributed by atoms with Gasteiger partial charge < -0.3 is 4.89 Å². The van der Waals surface area contributed by atoms with E-state index >= 15 is 0 Å². The Hall–Kier alpha value is 0.610. The maximum atomic E-state index is 9.04. The quantitative estimate of drug-likeness (QED) is 0.697. The van der Waals surface area contributed by atoms with Gasteiger partial charge in [-0.25, -0.2) is 0 Å². The fourth-order valence-electron chi connectivity index (χ4n) is 1.42. The van der Waals surface area contributed by atoms with Crippen molar-refractivity contribution in [1.29, 1.82) is 0 Å². The van der Waals surface area contributed by atoms with Crippen LogP contribution in [0.15, 0.2) is 0 Å². The highest BCUT2D eigenvalue weighted by atomic mass is 32.4. The molecule has 1 N–H and O–H groups in total. The van der Waals surface area contributed by atoms with E-state index < -0.39 is 6.92 Å². The lowest BCUT2D eigenvalue weighted by Gasteiger charge is -2.22. The molecule has 0 aromatic heterocycles.